The van der Waals surface area contributed by atoms with E-state index in [0.29, 0.717) is 55.6 Å². The minimum atomic E-state index is -0.537. The van der Waals surface area contributed by atoms with Crippen LogP contribution in [-0.4, -0.2) is 76.9 Å². The van der Waals surface area contributed by atoms with Crippen molar-refractivity contribution in [2.75, 3.05) is 43.9 Å². The number of ether oxygens (including phenoxy) is 1. The van der Waals surface area contributed by atoms with Crippen molar-refractivity contribution in [1.29, 1.82) is 0 Å². The minimum Gasteiger partial charge on any atom is -0.467 e. The van der Waals surface area contributed by atoms with Crippen molar-refractivity contribution in [3.05, 3.63) is 59.9 Å². The second kappa shape index (κ2) is 12.0. The third kappa shape index (κ3) is 6.44. The third-order valence-electron chi connectivity index (χ3n) is 6.52. The van der Waals surface area contributed by atoms with Crippen molar-refractivity contribution in [3.63, 3.8) is 0 Å². The van der Waals surface area contributed by atoms with E-state index in [4.69, 9.17) is 14.7 Å². The first-order chi connectivity index (χ1) is 18.2. The molecule has 0 saturated carbocycles. The van der Waals surface area contributed by atoms with E-state index in [-0.39, 0.29) is 23.7 Å². The van der Waals surface area contributed by atoms with Gasteiger partial charge in [-0.25, -0.2) is 14.8 Å². The Bertz CT molecular complexity index is 1320. The maximum Gasteiger partial charge on any atom is 0.328 e. The molecule has 1 aromatic heterocycles. The standard InChI is InChI=1S/C28H34N6O4/c1-18(2)25(28(37)38-4)32-26-22-10-5-6-11-23(22)30-24(31-26)17-33-12-14-34(15-13-33)27(36)20-8-7-9-21(16-20)29-19(3)35/h5-11,16,18,25H,12-15,17H2,1-4H3,(H,29,35)(H,30,31,32)/t25-/m0/s1. The van der Waals surface area contributed by atoms with E-state index in [9.17, 15) is 14.4 Å². The molecule has 1 fully saturated rings. The van der Waals surface area contributed by atoms with Gasteiger partial charge in [-0.15, -0.1) is 0 Å². The number of aromatic nitrogens is 2. The van der Waals surface area contributed by atoms with Gasteiger partial charge in [0.15, 0.2) is 0 Å². The Kier molecular flexibility index (Phi) is 8.52. The molecule has 2 heterocycles. The van der Waals surface area contributed by atoms with Crippen molar-refractivity contribution in [2.24, 2.45) is 5.92 Å². The molecule has 0 unspecified atom stereocenters. The van der Waals surface area contributed by atoms with Crippen LogP contribution in [0.2, 0.25) is 0 Å². The van der Waals surface area contributed by atoms with E-state index in [1.165, 1.54) is 14.0 Å². The van der Waals surface area contributed by atoms with Gasteiger partial charge in [0.05, 0.1) is 19.2 Å². The lowest BCUT2D eigenvalue weighted by molar-refractivity contribution is -0.142. The van der Waals surface area contributed by atoms with Crippen LogP contribution < -0.4 is 10.6 Å². The van der Waals surface area contributed by atoms with Crippen molar-refractivity contribution in [2.45, 2.75) is 33.4 Å². The second-order valence-corrected chi connectivity index (χ2v) is 9.73. The largest absolute Gasteiger partial charge is 0.467 e. The lowest BCUT2D eigenvalue weighted by Gasteiger charge is -2.34. The Morgan fingerprint density at radius 2 is 1.74 bits per heavy atom. The molecule has 0 bridgehead atoms. The fourth-order valence-corrected chi connectivity index (χ4v) is 4.50. The van der Waals surface area contributed by atoms with Gasteiger partial charge in [0.25, 0.3) is 5.91 Å². The molecule has 2 N–H and O–H groups in total. The summed E-state index contributed by atoms with van der Waals surface area (Å²) in [6, 6.07) is 14.2. The number of esters is 1. The van der Waals surface area contributed by atoms with Crippen molar-refractivity contribution >= 4 is 40.2 Å². The van der Waals surface area contributed by atoms with Gasteiger partial charge in [-0.2, -0.15) is 0 Å². The molecule has 1 atom stereocenters. The molecule has 4 rings (SSSR count). The lowest BCUT2D eigenvalue weighted by Crippen LogP contribution is -2.48. The Morgan fingerprint density at radius 3 is 2.42 bits per heavy atom. The number of methoxy groups -OCH3 is 1. The summed E-state index contributed by atoms with van der Waals surface area (Å²) in [5, 5.41) is 6.84. The van der Waals surface area contributed by atoms with Crippen molar-refractivity contribution < 1.29 is 19.1 Å². The number of piperazine rings is 1. The van der Waals surface area contributed by atoms with E-state index >= 15 is 0 Å². The monoisotopic (exact) mass is 518 g/mol. The summed E-state index contributed by atoms with van der Waals surface area (Å²) in [6.45, 7) is 8.35. The highest BCUT2D eigenvalue weighted by Gasteiger charge is 2.26. The van der Waals surface area contributed by atoms with Gasteiger partial charge in [0.2, 0.25) is 5.91 Å². The molecule has 0 aliphatic carbocycles. The first-order valence-electron chi connectivity index (χ1n) is 12.7. The number of carbonyl (C=O) groups is 3. The quantitative estimate of drug-likeness (QED) is 0.437. The molecule has 2 amide bonds. The topological polar surface area (TPSA) is 117 Å². The zero-order valence-corrected chi connectivity index (χ0v) is 22.2. The number of para-hydroxylation sites is 1. The van der Waals surface area contributed by atoms with Gasteiger partial charge in [0.1, 0.15) is 17.7 Å². The molecular weight excluding hydrogens is 484 g/mol. The van der Waals surface area contributed by atoms with E-state index in [2.05, 4.69) is 15.5 Å². The minimum absolute atomic E-state index is 0.00387. The fraction of sp³-hybridized carbons (Fsp3) is 0.393. The molecule has 3 aromatic rings. The zero-order chi connectivity index (χ0) is 27.2. The van der Waals surface area contributed by atoms with Crippen LogP contribution in [-0.2, 0) is 20.9 Å². The molecule has 2 aromatic carbocycles. The maximum absolute atomic E-state index is 13.1. The van der Waals surface area contributed by atoms with Gasteiger partial charge in [-0.1, -0.05) is 32.0 Å². The van der Waals surface area contributed by atoms with Crippen molar-refractivity contribution in [3.8, 4) is 0 Å². The van der Waals surface area contributed by atoms with Crippen LogP contribution >= 0.6 is 0 Å². The Labute approximate surface area is 222 Å². The summed E-state index contributed by atoms with van der Waals surface area (Å²) in [4.78, 5) is 50.3. The highest BCUT2D eigenvalue weighted by atomic mass is 16.5. The summed E-state index contributed by atoms with van der Waals surface area (Å²) >= 11 is 0. The molecule has 0 spiro atoms. The first kappa shape index (κ1) is 27.0. The molecule has 1 aliphatic rings. The van der Waals surface area contributed by atoms with Gasteiger partial charge < -0.3 is 20.3 Å². The normalized spacial score (nSPS) is 14.8. The van der Waals surface area contributed by atoms with Gasteiger partial charge in [-0.05, 0) is 36.2 Å². The number of anilines is 2. The smallest absolute Gasteiger partial charge is 0.328 e. The number of fused-ring (bicyclic) bond motifs is 1. The predicted octanol–water partition coefficient (Wildman–Crippen LogP) is 3.16. The van der Waals surface area contributed by atoms with Crippen LogP contribution in [0.25, 0.3) is 10.9 Å². The van der Waals surface area contributed by atoms with Gasteiger partial charge in [0, 0.05) is 49.7 Å². The Balaban J connectivity index is 1.45. The summed E-state index contributed by atoms with van der Waals surface area (Å²) < 4.78 is 4.99. The highest BCUT2D eigenvalue weighted by Crippen LogP contribution is 2.23. The average molecular weight is 519 g/mol. The number of carbonyl (C=O) groups excluding carboxylic acids is 3. The Morgan fingerprint density at radius 1 is 1.00 bits per heavy atom. The Hall–Kier alpha value is -4.05. The van der Waals surface area contributed by atoms with Crippen LogP contribution in [0, 0.1) is 5.92 Å². The number of nitrogens with one attached hydrogen (secondary N) is 2. The van der Waals surface area contributed by atoms with Crippen LogP contribution in [0.15, 0.2) is 48.5 Å². The second-order valence-electron chi connectivity index (χ2n) is 9.73. The van der Waals surface area contributed by atoms with Crippen LogP contribution in [0.3, 0.4) is 0 Å². The van der Waals surface area contributed by atoms with Crippen molar-refractivity contribution in [1.82, 2.24) is 19.8 Å². The van der Waals surface area contributed by atoms with E-state index < -0.39 is 6.04 Å². The molecule has 0 radical (unpaired) electrons. The number of hydrogen-bond acceptors (Lipinski definition) is 8. The van der Waals surface area contributed by atoms with E-state index in [1.807, 2.05) is 43.0 Å². The number of benzene rings is 2. The van der Waals surface area contributed by atoms with E-state index in [0.717, 1.165) is 10.9 Å². The SMILES string of the molecule is COC(=O)[C@@H](Nc1nc(CN2CCN(C(=O)c3cccc(NC(C)=O)c3)CC2)nc2ccccc12)C(C)C. The first-order valence-corrected chi connectivity index (χ1v) is 12.7. The number of rotatable bonds is 8. The van der Waals surface area contributed by atoms with Crippen LogP contribution in [0.1, 0.15) is 37.0 Å². The fourth-order valence-electron chi connectivity index (χ4n) is 4.50. The molecule has 38 heavy (non-hydrogen) atoms. The number of hydrogen-bond donors (Lipinski definition) is 2. The number of amides is 2. The molecule has 200 valence electrons. The number of nitrogens with zero attached hydrogens (tertiary/aromatic N) is 4. The van der Waals surface area contributed by atoms with Gasteiger partial charge >= 0.3 is 5.97 Å². The molecular formula is C28H34N6O4. The van der Waals surface area contributed by atoms with Gasteiger partial charge in [-0.3, -0.25) is 14.5 Å². The predicted molar refractivity (Wildman–Crippen MR) is 146 cm³/mol. The zero-order valence-electron chi connectivity index (χ0n) is 22.2. The summed E-state index contributed by atoms with van der Waals surface area (Å²) in [6.07, 6.45) is 0. The summed E-state index contributed by atoms with van der Waals surface area (Å²) in [7, 11) is 1.38. The summed E-state index contributed by atoms with van der Waals surface area (Å²) in [5.74, 6) is 0.663. The average Bonchev–Trinajstić information content (AvgIpc) is 2.91. The van der Waals surface area contributed by atoms with Crippen LogP contribution in [0.4, 0.5) is 11.5 Å². The molecule has 10 nitrogen and oxygen atoms in total. The lowest BCUT2D eigenvalue weighted by atomic mass is 10.0. The maximum atomic E-state index is 13.1. The molecule has 10 heteroatoms. The summed E-state index contributed by atoms with van der Waals surface area (Å²) in [5.41, 5.74) is 1.94. The van der Waals surface area contributed by atoms with E-state index in [1.54, 1.807) is 24.3 Å². The molecule has 1 aliphatic heterocycles. The highest BCUT2D eigenvalue weighted by molar-refractivity contribution is 5.97. The van der Waals surface area contributed by atoms with Crippen LogP contribution in [0.5, 0.6) is 0 Å². The molecule has 1 saturated heterocycles. The third-order valence-corrected chi connectivity index (χ3v) is 6.52.